The van der Waals surface area contributed by atoms with E-state index >= 15 is 0 Å². The van der Waals surface area contributed by atoms with Crippen molar-refractivity contribution < 1.29 is 28.6 Å². The van der Waals surface area contributed by atoms with Crippen LogP contribution in [0, 0.1) is 0 Å². The van der Waals surface area contributed by atoms with Crippen molar-refractivity contribution in [1.82, 2.24) is 0 Å². The molecule has 0 bridgehead atoms. The summed E-state index contributed by atoms with van der Waals surface area (Å²) in [7, 11) is 0. The summed E-state index contributed by atoms with van der Waals surface area (Å²) in [6.45, 7) is 6.45. The van der Waals surface area contributed by atoms with Gasteiger partial charge in [-0.15, -0.1) is 0 Å². The van der Waals surface area contributed by atoms with Gasteiger partial charge in [0.1, 0.15) is 13.2 Å². The Morgan fingerprint density at radius 2 is 0.481 bits per heavy atom. The van der Waals surface area contributed by atoms with E-state index in [9.17, 15) is 14.4 Å². The van der Waals surface area contributed by atoms with E-state index in [2.05, 4.69) is 106 Å². The lowest BCUT2D eigenvalue weighted by Crippen LogP contribution is -2.30. The van der Waals surface area contributed by atoms with Crippen molar-refractivity contribution in [3.8, 4) is 0 Å². The highest BCUT2D eigenvalue weighted by molar-refractivity contribution is 5.71. The molecule has 0 radical (unpaired) electrons. The predicted molar refractivity (Wildman–Crippen MR) is 353 cm³/mol. The van der Waals surface area contributed by atoms with Gasteiger partial charge in [-0.3, -0.25) is 14.4 Å². The fourth-order valence-electron chi connectivity index (χ4n) is 10.2. The molecular formula is C75H132O6. The topological polar surface area (TPSA) is 78.9 Å². The molecule has 0 aliphatic rings. The van der Waals surface area contributed by atoms with E-state index < -0.39 is 6.10 Å². The van der Waals surface area contributed by atoms with Crippen molar-refractivity contribution in [1.29, 1.82) is 0 Å². The Kier molecular flexibility index (Phi) is 66.2. The summed E-state index contributed by atoms with van der Waals surface area (Å²) in [6.07, 6.45) is 91.9. The average molecular weight is 1130 g/mol. The first-order chi connectivity index (χ1) is 40.0. The van der Waals surface area contributed by atoms with E-state index in [0.717, 1.165) is 109 Å². The van der Waals surface area contributed by atoms with Crippen molar-refractivity contribution in [2.24, 2.45) is 0 Å². The average Bonchev–Trinajstić information content (AvgIpc) is 3.47. The summed E-state index contributed by atoms with van der Waals surface area (Å²) in [5, 5.41) is 0. The first kappa shape index (κ1) is 77.6. The van der Waals surface area contributed by atoms with E-state index in [4.69, 9.17) is 14.2 Å². The molecule has 0 N–H and O–H groups in total. The standard InChI is InChI=1S/C75H132O6/c1-4-7-10-13-16-19-22-25-28-31-32-33-34-35-36-37-38-39-40-41-42-45-47-50-53-56-59-62-65-68-74(77)80-71-72(81-75(78)69-66-63-60-57-54-51-48-44-30-27-24-21-18-15-12-9-6-3)70-79-73(76)67-64-61-58-55-52-49-46-43-29-26-23-20-17-14-11-8-5-2/h8-9,11-12,17-18,20-21,26-27,29-32,72H,4-7,10,13-16,19,22-25,28,33-71H2,1-3H3/b11-8-,12-9-,20-17-,21-18-,29-26-,30-27-,32-31-. The van der Waals surface area contributed by atoms with Crippen LogP contribution in [0.3, 0.4) is 0 Å². The molecule has 1 unspecified atom stereocenters. The summed E-state index contributed by atoms with van der Waals surface area (Å²) >= 11 is 0. The number of esters is 3. The number of carbonyl (C=O) groups excluding carboxylic acids is 3. The minimum Gasteiger partial charge on any atom is -0.462 e. The molecule has 0 heterocycles. The minimum atomic E-state index is -0.788. The van der Waals surface area contributed by atoms with Crippen LogP contribution in [0.15, 0.2) is 85.1 Å². The van der Waals surface area contributed by atoms with Gasteiger partial charge in [-0.2, -0.15) is 0 Å². The Morgan fingerprint density at radius 1 is 0.259 bits per heavy atom. The molecule has 0 aromatic carbocycles. The van der Waals surface area contributed by atoms with Gasteiger partial charge < -0.3 is 14.2 Å². The molecule has 0 aliphatic heterocycles. The molecule has 1 atom stereocenters. The second-order valence-corrected chi connectivity index (χ2v) is 23.4. The van der Waals surface area contributed by atoms with E-state index in [1.54, 1.807) is 0 Å². The van der Waals surface area contributed by atoms with Gasteiger partial charge in [0.05, 0.1) is 0 Å². The highest BCUT2D eigenvalue weighted by atomic mass is 16.6. The molecule has 468 valence electrons. The van der Waals surface area contributed by atoms with Gasteiger partial charge in [-0.25, -0.2) is 0 Å². The maximum Gasteiger partial charge on any atom is 0.306 e. The monoisotopic (exact) mass is 1130 g/mol. The number of carbonyl (C=O) groups is 3. The van der Waals surface area contributed by atoms with Crippen molar-refractivity contribution in [2.75, 3.05) is 13.2 Å². The van der Waals surface area contributed by atoms with Gasteiger partial charge in [0.2, 0.25) is 0 Å². The number of unbranched alkanes of at least 4 members (excludes halogenated alkanes) is 39. The normalized spacial score (nSPS) is 12.6. The molecule has 0 fully saturated rings. The molecule has 0 amide bonds. The number of hydrogen-bond donors (Lipinski definition) is 0. The summed E-state index contributed by atoms with van der Waals surface area (Å²) in [4.78, 5) is 38.4. The van der Waals surface area contributed by atoms with Crippen LogP contribution in [0.5, 0.6) is 0 Å². The third-order valence-corrected chi connectivity index (χ3v) is 15.4. The van der Waals surface area contributed by atoms with Crippen molar-refractivity contribution in [3.05, 3.63) is 85.1 Å². The molecular weight excluding hydrogens is 997 g/mol. The largest absolute Gasteiger partial charge is 0.462 e. The Balaban J connectivity index is 4.26. The zero-order chi connectivity index (χ0) is 58.5. The molecule has 0 saturated heterocycles. The molecule has 0 spiro atoms. The number of ether oxygens (including phenoxy) is 3. The first-order valence-corrected chi connectivity index (χ1v) is 35.1. The maximum atomic E-state index is 12.9. The lowest BCUT2D eigenvalue weighted by atomic mass is 10.0. The van der Waals surface area contributed by atoms with Crippen molar-refractivity contribution in [2.45, 2.75) is 361 Å². The zero-order valence-electron chi connectivity index (χ0n) is 53.8. The summed E-state index contributed by atoms with van der Waals surface area (Å²) in [5.74, 6) is -0.885. The van der Waals surface area contributed by atoms with Crippen molar-refractivity contribution >= 4 is 17.9 Å². The van der Waals surface area contributed by atoms with Crippen LogP contribution < -0.4 is 0 Å². The molecule has 0 aliphatic carbocycles. The molecule has 0 saturated carbocycles. The summed E-state index contributed by atoms with van der Waals surface area (Å²) in [5.41, 5.74) is 0. The SMILES string of the molecule is CC/C=C\C/C=C\C/C=C\CCCCCCCCCC(=O)OCC(COC(=O)CCCCCCCCCCCCCCCCCCC/C=C\CCCCCCCCCC)OC(=O)CCCCCCCCC/C=C\C/C=C\C/C=C\CC. The molecule has 0 aromatic heterocycles. The second-order valence-electron chi connectivity index (χ2n) is 23.4. The van der Waals surface area contributed by atoms with Gasteiger partial charge >= 0.3 is 17.9 Å². The molecule has 0 aromatic rings. The number of hydrogen-bond acceptors (Lipinski definition) is 6. The molecule has 6 nitrogen and oxygen atoms in total. The number of allylic oxidation sites excluding steroid dienone is 14. The first-order valence-electron chi connectivity index (χ1n) is 35.1. The van der Waals surface area contributed by atoms with Gasteiger partial charge in [0.15, 0.2) is 6.10 Å². The van der Waals surface area contributed by atoms with Gasteiger partial charge in [0, 0.05) is 19.3 Å². The van der Waals surface area contributed by atoms with Gasteiger partial charge in [0.25, 0.3) is 0 Å². The van der Waals surface area contributed by atoms with E-state index in [0.29, 0.717) is 19.3 Å². The van der Waals surface area contributed by atoms with E-state index in [-0.39, 0.29) is 31.1 Å². The lowest BCUT2D eigenvalue weighted by Gasteiger charge is -2.18. The molecule has 6 heteroatoms. The lowest BCUT2D eigenvalue weighted by molar-refractivity contribution is -0.167. The smallest absolute Gasteiger partial charge is 0.306 e. The maximum absolute atomic E-state index is 12.9. The van der Waals surface area contributed by atoms with Crippen LogP contribution in [0.25, 0.3) is 0 Å². The van der Waals surface area contributed by atoms with Gasteiger partial charge in [-0.1, -0.05) is 311 Å². The van der Waals surface area contributed by atoms with Crippen LogP contribution in [0.4, 0.5) is 0 Å². The van der Waals surface area contributed by atoms with Crippen LogP contribution >= 0.6 is 0 Å². The summed E-state index contributed by atoms with van der Waals surface area (Å²) < 4.78 is 17.0. The van der Waals surface area contributed by atoms with E-state index in [1.807, 2.05) is 0 Å². The third kappa shape index (κ3) is 67.3. The second kappa shape index (κ2) is 69.1. The zero-order valence-corrected chi connectivity index (χ0v) is 53.8. The Hall–Kier alpha value is -3.41. The van der Waals surface area contributed by atoms with Crippen molar-refractivity contribution in [3.63, 3.8) is 0 Å². The van der Waals surface area contributed by atoms with Crippen LogP contribution in [0.1, 0.15) is 355 Å². The fourth-order valence-corrected chi connectivity index (χ4v) is 10.2. The minimum absolute atomic E-state index is 0.0814. The highest BCUT2D eigenvalue weighted by Crippen LogP contribution is 2.18. The van der Waals surface area contributed by atoms with Crippen LogP contribution in [-0.4, -0.2) is 37.2 Å². The number of rotatable bonds is 64. The van der Waals surface area contributed by atoms with Crippen LogP contribution in [0.2, 0.25) is 0 Å². The third-order valence-electron chi connectivity index (χ3n) is 15.4. The quantitative estimate of drug-likeness (QED) is 0.0261. The fraction of sp³-hybridized carbons (Fsp3) is 0.773. The highest BCUT2D eigenvalue weighted by Gasteiger charge is 2.19. The van der Waals surface area contributed by atoms with Crippen LogP contribution in [-0.2, 0) is 28.6 Å². The Bertz CT molecular complexity index is 1530. The Morgan fingerprint density at radius 3 is 0.765 bits per heavy atom. The predicted octanol–water partition coefficient (Wildman–Crippen LogP) is 24.2. The van der Waals surface area contributed by atoms with Gasteiger partial charge in [-0.05, 0) is 109 Å². The Labute approximate surface area is 503 Å². The molecule has 0 rings (SSSR count). The summed E-state index contributed by atoms with van der Waals surface area (Å²) in [6, 6.07) is 0. The van der Waals surface area contributed by atoms with E-state index in [1.165, 1.54) is 205 Å². The molecule has 81 heavy (non-hydrogen) atoms.